The summed E-state index contributed by atoms with van der Waals surface area (Å²) in [4.78, 5) is 11.5. The third kappa shape index (κ3) is 2.45. The molecular formula is C10H19NO3. The van der Waals surface area contributed by atoms with E-state index in [1.165, 1.54) is 7.11 Å². The van der Waals surface area contributed by atoms with Gasteiger partial charge in [-0.3, -0.25) is 4.79 Å². The molecule has 0 aromatic rings. The van der Waals surface area contributed by atoms with Gasteiger partial charge in [0.25, 0.3) is 0 Å². The number of methoxy groups -OCH3 is 1. The van der Waals surface area contributed by atoms with Gasteiger partial charge in [0, 0.05) is 6.54 Å². The molecule has 2 N–H and O–H groups in total. The molecule has 3 unspecified atom stereocenters. The molecule has 1 rings (SSSR count). The Morgan fingerprint density at radius 3 is 2.86 bits per heavy atom. The summed E-state index contributed by atoms with van der Waals surface area (Å²) >= 11 is 0. The van der Waals surface area contributed by atoms with Gasteiger partial charge in [0.15, 0.2) is 0 Å². The number of carbonyl (C=O) groups is 1. The number of β-amino-alcohol motifs (C(OH)–C–C–N with tert-alkyl or cyclic N) is 1. The molecule has 1 saturated heterocycles. The normalized spacial score (nSPS) is 32.6. The lowest BCUT2D eigenvalue weighted by molar-refractivity contribution is -0.153. The molecule has 1 aliphatic rings. The van der Waals surface area contributed by atoms with Crippen molar-refractivity contribution in [2.24, 2.45) is 11.8 Å². The predicted molar refractivity (Wildman–Crippen MR) is 52.8 cm³/mol. The minimum Gasteiger partial charge on any atom is -0.469 e. The Morgan fingerprint density at radius 1 is 1.57 bits per heavy atom. The molecule has 82 valence electrons. The average molecular weight is 201 g/mol. The summed E-state index contributed by atoms with van der Waals surface area (Å²) in [6, 6.07) is 0. The molecule has 1 fully saturated rings. The molecule has 14 heavy (non-hydrogen) atoms. The van der Waals surface area contributed by atoms with Crippen LogP contribution < -0.4 is 5.32 Å². The summed E-state index contributed by atoms with van der Waals surface area (Å²) in [5.74, 6) is -0.421. The quantitative estimate of drug-likeness (QED) is 0.638. The van der Waals surface area contributed by atoms with Crippen molar-refractivity contribution in [1.82, 2.24) is 5.32 Å². The standard InChI is InChI=1S/C10H19NO3/c1-3-4-7-5-11-6-8(12)9(7)10(13)14-2/h7-9,11-12H,3-6H2,1-2H3. The second kappa shape index (κ2) is 5.32. The van der Waals surface area contributed by atoms with E-state index in [2.05, 4.69) is 12.2 Å². The van der Waals surface area contributed by atoms with Gasteiger partial charge in [0.1, 0.15) is 0 Å². The number of rotatable bonds is 3. The number of aliphatic hydroxyl groups excluding tert-OH is 1. The summed E-state index contributed by atoms with van der Waals surface area (Å²) in [6.45, 7) is 3.36. The second-order valence-corrected chi connectivity index (χ2v) is 3.82. The van der Waals surface area contributed by atoms with Crippen molar-refractivity contribution < 1.29 is 14.6 Å². The molecule has 0 bridgehead atoms. The van der Waals surface area contributed by atoms with Crippen molar-refractivity contribution in [3.05, 3.63) is 0 Å². The number of aliphatic hydroxyl groups is 1. The number of esters is 1. The summed E-state index contributed by atoms with van der Waals surface area (Å²) in [6.07, 6.45) is 1.36. The van der Waals surface area contributed by atoms with Crippen LogP contribution in [0.15, 0.2) is 0 Å². The first-order chi connectivity index (χ1) is 6.70. The minimum absolute atomic E-state index is 0.205. The Hall–Kier alpha value is -0.610. The lowest BCUT2D eigenvalue weighted by Crippen LogP contribution is -2.50. The minimum atomic E-state index is -0.604. The fraction of sp³-hybridized carbons (Fsp3) is 0.900. The molecule has 0 radical (unpaired) electrons. The van der Waals surface area contributed by atoms with Gasteiger partial charge < -0.3 is 15.2 Å². The Labute approximate surface area is 84.6 Å². The first-order valence-corrected chi connectivity index (χ1v) is 5.17. The van der Waals surface area contributed by atoms with Gasteiger partial charge in [-0.2, -0.15) is 0 Å². The molecule has 4 heteroatoms. The number of nitrogens with one attached hydrogen (secondary N) is 1. The van der Waals surface area contributed by atoms with E-state index >= 15 is 0 Å². The molecular weight excluding hydrogens is 182 g/mol. The van der Waals surface area contributed by atoms with Crippen LogP contribution in [0.4, 0.5) is 0 Å². The Morgan fingerprint density at radius 2 is 2.29 bits per heavy atom. The Bertz CT molecular complexity index is 194. The second-order valence-electron chi connectivity index (χ2n) is 3.82. The van der Waals surface area contributed by atoms with Crippen molar-refractivity contribution in [1.29, 1.82) is 0 Å². The fourth-order valence-electron chi connectivity index (χ4n) is 2.12. The van der Waals surface area contributed by atoms with E-state index in [4.69, 9.17) is 4.74 Å². The molecule has 4 nitrogen and oxygen atoms in total. The smallest absolute Gasteiger partial charge is 0.311 e. The number of ether oxygens (including phenoxy) is 1. The topological polar surface area (TPSA) is 58.6 Å². The highest BCUT2D eigenvalue weighted by Crippen LogP contribution is 2.24. The van der Waals surface area contributed by atoms with Crippen molar-refractivity contribution in [2.75, 3.05) is 20.2 Å². The average Bonchev–Trinajstić information content (AvgIpc) is 2.18. The largest absolute Gasteiger partial charge is 0.469 e. The maximum absolute atomic E-state index is 11.5. The number of carbonyl (C=O) groups excluding carboxylic acids is 1. The number of hydrogen-bond acceptors (Lipinski definition) is 4. The Kier molecular flexibility index (Phi) is 4.35. The lowest BCUT2D eigenvalue weighted by atomic mass is 9.82. The van der Waals surface area contributed by atoms with E-state index < -0.39 is 6.10 Å². The molecule has 0 aromatic heterocycles. The lowest BCUT2D eigenvalue weighted by Gasteiger charge is -2.33. The van der Waals surface area contributed by atoms with Gasteiger partial charge in [-0.1, -0.05) is 13.3 Å². The maximum atomic E-state index is 11.5. The third-order valence-corrected chi connectivity index (χ3v) is 2.82. The fourth-order valence-corrected chi connectivity index (χ4v) is 2.12. The monoisotopic (exact) mass is 201 g/mol. The van der Waals surface area contributed by atoms with E-state index in [0.717, 1.165) is 19.4 Å². The number of piperidine rings is 1. The third-order valence-electron chi connectivity index (χ3n) is 2.82. The molecule has 0 amide bonds. The van der Waals surface area contributed by atoms with Gasteiger partial charge in [0.2, 0.25) is 0 Å². The first kappa shape index (κ1) is 11.5. The summed E-state index contributed by atoms with van der Waals surface area (Å²) in [7, 11) is 1.38. The van der Waals surface area contributed by atoms with Crippen LogP contribution in [0.1, 0.15) is 19.8 Å². The zero-order valence-corrected chi connectivity index (χ0v) is 8.82. The van der Waals surface area contributed by atoms with Crippen molar-refractivity contribution in [2.45, 2.75) is 25.9 Å². The van der Waals surface area contributed by atoms with Gasteiger partial charge in [-0.05, 0) is 18.9 Å². The van der Waals surface area contributed by atoms with Crippen LogP contribution in [0, 0.1) is 11.8 Å². The van der Waals surface area contributed by atoms with Crippen molar-refractivity contribution in [3.8, 4) is 0 Å². The van der Waals surface area contributed by atoms with E-state index in [1.54, 1.807) is 0 Å². The van der Waals surface area contributed by atoms with Crippen molar-refractivity contribution in [3.63, 3.8) is 0 Å². The summed E-state index contributed by atoms with van der Waals surface area (Å²) in [5.41, 5.74) is 0. The maximum Gasteiger partial charge on any atom is 0.311 e. The van der Waals surface area contributed by atoms with Crippen LogP contribution in [-0.4, -0.2) is 37.4 Å². The van der Waals surface area contributed by atoms with Gasteiger partial charge >= 0.3 is 5.97 Å². The van der Waals surface area contributed by atoms with Crippen molar-refractivity contribution >= 4 is 5.97 Å². The van der Waals surface area contributed by atoms with Crippen LogP contribution in [0.5, 0.6) is 0 Å². The predicted octanol–water partition coefficient (Wildman–Crippen LogP) is 0.156. The molecule has 1 heterocycles. The van der Waals surface area contributed by atoms with E-state index in [-0.39, 0.29) is 17.8 Å². The summed E-state index contributed by atoms with van der Waals surface area (Å²) in [5, 5.41) is 12.8. The van der Waals surface area contributed by atoms with E-state index in [1.807, 2.05) is 0 Å². The zero-order valence-electron chi connectivity index (χ0n) is 8.82. The molecule has 1 aliphatic heterocycles. The first-order valence-electron chi connectivity index (χ1n) is 5.17. The highest BCUT2D eigenvalue weighted by Gasteiger charge is 2.37. The van der Waals surface area contributed by atoms with Crippen LogP contribution in [-0.2, 0) is 9.53 Å². The van der Waals surface area contributed by atoms with Gasteiger partial charge in [-0.15, -0.1) is 0 Å². The van der Waals surface area contributed by atoms with E-state index in [9.17, 15) is 9.90 Å². The summed E-state index contributed by atoms with van der Waals surface area (Å²) < 4.78 is 4.71. The van der Waals surface area contributed by atoms with Crippen LogP contribution in [0.2, 0.25) is 0 Å². The van der Waals surface area contributed by atoms with Crippen LogP contribution in [0.25, 0.3) is 0 Å². The highest BCUT2D eigenvalue weighted by atomic mass is 16.5. The van der Waals surface area contributed by atoms with Crippen LogP contribution >= 0.6 is 0 Å². The molecule has 0 aliphatic carbocycles. The van der Waals surface area contributed by atoms with Gasteiger partial charge in [-0.25, -0.2) is 0 Å². The van der Waals surface area contributed by atoms with E-state index in [0.29, 0.717) is 6.54 Å². The highest BCUT2D eigenvalue weighted by molar-refractivity contribution is 5.73. The molecule has 0 aromatic carbocycles. The molecule has 0 spiro atoms. The Balaban J connectivity index is 2.65. The molecule has 0 saturated carbocycles. The zero-order chi connectivity index (χ0) is 10.6. The van der Waals surface area contributed by atoms with Crippen LogP contribution in [0.3, 0.4) is 0 Å². The number of hydrogen-bond donors (Lipinski definition) is 2. The SMILES string of the molecule is CCCC1CNCC(O)C1C(=O)OC. The van der Waals surface area contributed by atoms with Gasteiger partial charge in [0.05, 0.1) is 19.1 Å². The molecule has 3 atom stereocenters.